The van der Waals surface area contributed by atoms with E-state index < -0.39 is 30.3 Å². The van der Waals surface area contributed by atoms with Crippen LogP contribution >= 0.6 is 0 Å². The van der Waals surface area contributed by atoms with Crippen LogP contribution in [0.2, 0.25) is 0 Å². The van der Waals surface area contributed by atoms with Crippen molar-refractivity contribution < 1.29 is 30.0 Å². The third-order valence-electron chi connectivity index (χ3n) is 4.49. The summed E-state index contributed by atoms with van der Waals surface area (Å²) in [6.45, 7) is 1.53. The first-order chi connectivity index (χ1) is 13.5. The molecule has 0 aliphatic carbocycles. The Morgan fingerprint density at radius 2 is 1.48 bits per heavy atom. The van der Waals surface area contributed by atoms with Gasteiger partial charge in [-0.3, -0.25) is 9.71 Å². The van der Waals surface area contributed by atoms with Crippen molar-refractivity contribution in [2.24, 2.45) is 0 Å². The number of sulfonamides is 1. The van der Waals surface area contributed by atoms with Gasteiger partial charge in [-0.15, -0.1) is 0 Å². The molecule has 12 heteroatoms. The summed E-state index contributed by atoms with van der Waals surface area (Å²) >= 11 is 0. The highest BCUT2D eigenvalue weighted by Crippen LogP contribution is 2.32. The molecule has 2 aromatic rings. The minimum absolute atomic E-state index is 0.237. The molecule has 2 heterocycles. The fourth-order valence-corrected chi connectivity index (χ4v) is 4.83. The van der Waals surface area contributed by atoms with E-state index in [0.717, 1.165) is 44.5 Å². The quantitative estimate of drug-likeness (QED) is 0.753. The molecule has 158 valence electrons. The summed E-state index contributed by atoms with van der Waals surface area (Å²) in [6.07, 6.45) is 5.94. The molecular weight excluding hydrogens is 431 g/mol. The van der Waals surface area contributed by atoms with Crippen LogP contribution in [0.5, 0.6) is 0 Å². The van der Waals surface area contributed by atoms with Crippen LogP contribution in [0.15, 0.2) is 52.5 Å². The average molecular weight is 449 g/mol. The van der Waals surface area contributed by atoms with Gasteiger partial charge in [0.2, 0.25) is 0 Å². The van der Waals surface area contributed by atoms with E-state index in [1.54, 1.807) is 12.3 Å². The number of aromatic nitrogens is 1. The van der Waals surface area contributed by atoms with Crippen LogP contribution in [-0.4, -0.2) is 40.4 Å². The van der Waals surface area contributed by atoms with Gasteiger partial charge in [-0.25, -0.2) is 16.8 Å². The second-order valence-electron chi connectivity index (χ2n) is 6.47. The van der Waals surface area contributed by atoms with Crippen molar-refractivity contribution in [3.63, 3.8) is 0 Å². The third-order valence-corrected chi connectivity index (χ3v) is 7.37. The van der Waals surface area contributed by atoms with Crippen LogP contribution in [0.3, 0.4) is 0 Å². The van der Waals surface area contributed by atoms with Gasteiger partial charge in [-0.05, 0) is 49.6 Å². The number of rotatable bonds is 5. The number of hydrogen-bond donors (Lipinski definition) is 1. The van der Waals surface area contributed by atoms with E-state index in [1.807, 2.05) is 4.90 Å². The Labute approximate surface area is 166 Å². The van der Waals surface area contributed by atoms with Gasteiger partial charge in [0.05, 0.1) is 27.4 Å². The summed E-state index contributed by atoms with van der Waals surface area (Å²) in [6, 6.07) is 4.55. The van der Waals surface area contributed by atoms with E-state index in [2.05, 4.69) is 9.71 Å². The zero-order valence-corrected chi connectivity index (χ0v) is 16.7. The minimum atomic E-state index is -5.55. The predicted molar refractivity (Wildman–Crippen MR) is 101 cm³/mol. The Kier molecular flexibility index (Phi) is 5.77. The molecule has 7 nitrogen and oxygen atoms in total. The summed E-state index contributed by atoms with van der Waals surface area (Å²) in [5, 5.41) is 0. The Morgan fingerprint density at radius 1 is 0.897 bits per heavy atom. The number of anilines is 2. The first-order valence-electron chi connectivity index (χ1n) is 8.65. The zero-order valence-electron chi connectivity index (χ0n) is 15.1. The molecule has 1 aliphatic rings. The lowest BCUT2D eigenvalue weighted by molar-refractivity contribution is -0.0436. The number of benzene rings is 1. The minimum Gasteiger partial charge on any atom is -0.370 e. The van der Waals surface area contributed by atoms with E-state index in [-0.39, 0.29) is 10.6 Å². The van der Waals surface area contributed by atoms with Gasteiger partial charge in [0.25, 0.3) is 19.9 Å². The van der Waals surface area contributed by atoms with Crippen LogP contribution in [-0.2, 0) is 19.9 Å². The molecule has 1 aromatic heterocycles. The molecule has 0 atom stereocenters. The Hall–Kier alpha value is -2.34. The van der Waals surface area contributed by atoms with Crippen molar-refractivity contribution >= 4 is 31.2 Å². The fraction of sp³-hybridized carbons (Fsp3) is 0.353. The zero-order chi connectivity index (χ0) is 21.3. The molecule has 0 radical (unpaired) electrons. The highest BCUT2D eigenvalue weighted by molar-refractivity contribution is 7.93. The maximum atomic E-state index is 12.7. The molecule has 0 unspecified atom stereocenters. The SMILES string of the molecule is O=S(=O)(Nc1cnccc1N1CCCCC1)c1ccc(S(=O)(=O)C(F)(F)F)cc1. The number of sulfone groups is 1. The third kappa shape index (κ3) is 4.47. The van der Waals surface area contributed by atoms with Crippen LogP contribution in [0, 0.1) is 0 Å². The largest absolute Gasteiger partial charge is 0.501 e. The normalized spacial score (nSPS) is 15.9. The lowest BCUT2D eigenvalue weighted by Gasteiger charge is -2.30. The van der Waals surface area contributed by atoms with Gasteiger partial charge in [-0.2, -0.15) is 13.2 Å². The van der Waals surface area contributed by atoms with Crippen molar-refractivity contribution in [1.82, 2.24) is 4.98 Å². The van der Waals surface area contributed by atoms with E-state index >= 15 is 0 Å². The van der Waals surface area contributed by atoms with Crippen LogP contribution < -0.4 is 9.62 Å². The molecule has 1 aliphatic heterocycles. The number of halogens is 3. The number of nitrogens with zero attached hydrogens (tertiary/aromatic N) is 2. The van der Waals surface area contributed by atoms with Gasteiger partial charge in [0.15, 0.2) is 0 Å². The van der Waals surface area contributed by atoms with Crippen molar-refractivity contribution in [3.8, 4) is 0 Å². The molecule has 0 amide bonds. The molecule has 0 bridgehead atoms. The first kappa shape index (κ1) is 21.4. The summed E-state index contributed by atoms with van der Waals surface area (Å²) in [5.74, 6) is 0. The molecule has 1 aromatic carbocycles. The van der Waals surface area contributed by atoms with E-state index in [4.69, 9.17) is 0 Å². The molecule has 1 fully saturated rings. The molecule has 0 saturated carbocycles. The maximum absolute atomic E-state index is 12.7. The van der Waals surface area contributed by atoms with E-state index in [1.165, 1.54) is 6.20 Å². The Morgan fingerprint density at radius 3 is 2.07 bits per heavy atom. The Bertz CT molecular complexity index is 1080. The van der Waals surface area contributed by atoms with Gasteiger partial charge in [-0.1, -0.05) is 0 Å². The first-order valence-corrected chi connectivity index (χ1v) is 11.6. The lowest BCUT2D eigenvalue weighted by Crippen LogP contribution is -2.30. The number of nitrogens with one attached hydrogen (secondary N) is 1. The lowest BCUT2D eigenvalue weighted by atomic mass is 10.1. The average Bonchev–Trinajstić information content (AvgIpc) is 2.68. The Balaban J connectivity index is 1.88. The highest BCUT2D eigenvalue weighted by Gasteiger charge is 2.46. The second kappa shape index (κ2) is 7.82. The number of piperidine rings is 1. The van der Waals surface area contributed by atoms with Crippen molar-refractivity contribution in [1.29, 1.82) is 0 Å². The molecule has 3 rings (SSSR count). The number of pyridine rings is 1. The van der Waals surface area contributed by atoms with Gasteiger partial charge in [0.1, 0.15) is 0 Å². The predicted octanol–water partition coefficient (Wildman–Crippen LogP) is 3.17. The molecular formula is C17H18F3N3O4S2. The van der Waals surface area contributed by atoms with Crippen molar-refractivity contribution in [2.45, 2.75) is 34.6 Å². The summed E-state index contributed by atoms with van der Waals surface area (Å²) < 4.78 is 88.5. The monoisotopic (exact) mass is 449 g/mol. The molecule has 0 spiro atoms. The highest BCUT2D eigenvalue weighted by atomic mass is 32.2. The fourth-order valence-electron chi connectivity index (χ4n) is 3.01. The van der Waals surface area contributed by atoms with E-state index in [9.17, 15) is 30.0 Å². The van der Waals surface area contributed by atoms with E-state index in [0.29, 0.717) is 17.8 Å². The van der Waals surface area contributed by atoms with Crippen LogP contribution in [0.1, 0.15) is 19.3 Å². The summed E-state index contributed by atoms with van der Waals surface area (Å²) in [7, 11) is -9.72. The molecule has 1 saturated heterocycles. The van der Waals surface area contributed by atoms with Crippen molar-refractivity contribution in [3.05, 3.63) is 42.7 Å². The number of alkyl halides is 3. The summed E-state index contributed by atoms with van der Waals surface area (Å²) in [4.78, 5) is 4.57. The smallest absolute Gasteiger partial charge is 0.370 e. The van der Waals surface area contributed by atoms with Gasteiger partial charge < -0.3 is 4.90 Å². The van der Waals surface area contributed by atoms with Crippen LogP contribution in [0.4, 0.5) is 24.5 Å². The molecule has 29 heavy (non-hydrogen) atoms. The molecule has 1 N–H and O–H groups in total. The van der Waals surface area contributed by atoms with Crippen LogP contribution in [0.25, 0.3) is 0 Å². The second-order valence-corrected chi connectivity index (χ2v) is 10.1. The van der Waals surface area contributed by atoms with Crippen molar-refractivity contribution in [2.75, 3.05) is 22.7 Å². The summed E-state index contributed by atoms with van der Waals surface area (Å²) in [5.41, 5.74) is -4.58. The number of hydrogen-bond acceptors (Lipinski definition) is 6. The maximum Gasteiger partial charge on any atom is 0.501 e. The van der Waals surface area contributed by atoms with Gasteiger partial charge >= 0.3 is 5.51 Å². The van der Waals surface area contributed by atoms with Gasteiger partial charge in [0, 0.05) is 19.3 Å². The standard InChI is InChI=1S/C17H18F3N3O4S2/c18-17(19,20)28(24,25)13-4-6-14(7-5-13)29(26,27)22-15-12-21-9-8-16(15)23-10-2-1-3-11-23/h4-9,12,22H,1-3,10-11H2. The topological polar surface area (TPSA) is 96.4 Å².